The van der Waals surface area contributed by atoms with E-state index in [1.807, 2.05) is 29.9 Å². The second-order valence-electron chi connectivity index (χ2n) is 6.50. The van der Waals surface area contributed by atoms with E-state index < -0.39 is 23.4 Å². The van der Waals surface area contributed by atoms with Crippen LogP contribution in [-0.2, 0) is 21.4 Å². The molecule has 7 nitrogen and oxygen atoms in total. The number of amides is 2. The third-order valence-electron chi connectivity index (χ3n) is 4.65. The second kappa shape index (κ2) is 8.94. The lowest BCUT2D eigenvalue weighted by Gasteiger charge is -2.34. The molecule has 0 bridgehead atoms. The van der Waals surface area contributed by atoms with Crippen molar-refractivity contribution in [3.05, 3.63) is 53.9 Å². The molecule has 1 aromatic heterocycles. The van der Waals surface area contributed by atoms with Crippen molar-refractivity contribution in [1.82, 2.24) is 14.8 Å². The van der Waals surface area contributed by atoms with Crippen LogP contribution in [0.3, 0.4) is 0 Å². The number of nitrogens with one attached hydrogen (secondary N) is 2. The van der Waals surface area contributed by atoms with E-state index >= 15 is 0 Å². The summed E-state index contributed by atoms with van der Waals surface area (Å²) in [6.45, 7) is 2.86. The molecule has 1 unspecified atom stereocenters. The van der Waals surface area contributed by atoms with Crippen molar-refractivity contribution < 1.29 is 23.1 Å². The quantitative estimate of drug-likeness (QED) is 0.755. The van der Waals surface area contributed by atoms with Crippen molar-refractivity contribution in [2.45, 2.75) is 6.04 Å². The summed E-state index contributed by atoms with van der Waals surface area (Å²) in [5.41, 5.74) is 1.01. The standard InChI is InChI=1S/C19H22F2N4O3/c1-24-6-2-3-16(24)17(25-7-9-28-10-8-25)12-22-18(26)19(27)23-13-4-5-14(20)15(21)11-13/h2-6,11,17H,7-10,12H2,1H3,(H,22,26)(H,23,27). The number of ether oxygens (including phenoxy) is 1. The first-order valence-electron chi connectivity index (χ1n) is 8.93. The lowest BCUT2D eigenvalue weighted by atomic mass is 10.1. The van der Waals surface area contributed by atoms with Gasteiger partial charge in [0.15, 0.2) is 11.6 Å². The van der Waals surface area contributed by atoms with Crippen LogP contribution in [-0.4, -0.2) is 54.1 Å². The lowest BCUT2D eigenvalue weighted by Crippen LogP contribution is -2.46. The molecule has 2 amide bonds. The molecule has 150 valence electrons. The zero-order valence-corrected chi connectivity index (χ0v) is 15.5. The molecule has 9 heteroatoms. The van der Waals surface area contributed by atoms with Crippen LogP contribution >= 0.6 is 0 Å². The number of rotatable bonds is 5. The number of nitrogens with zero attached hydrogens (tertiary/aromatic N) is 2. The van der Waals surface area contributed by atoms with Crippen LogP contribution in [0.2, 0.25) is 0 Å². The fraction of sp³-hybridized carbons (Fsp3) is 0.368. The van der Waals surface area contributed by atoms with Gasteiger partial charge in [0.05, 0.1) is 19.3 Å². The second-order valence-corrected chi connectivity index (χ2v) is 6.50. The Morgan fingerprint density at radius 2 is 1.89 bits per heavy atom. The van der Waals surface area contributed by atoms with Crippen LogP contribution < -0.4 is 10.6 Å². The number of halogens is 2. The van der Waals surface area contributed by atoms with Gasteiger partial charge in [-0.25, -0.2) is 8.78 Å². The van der Waals surface area contributed by atoms with Crippen molar-refractivity contribution >= 4 is 17.5 Å². The maximum Gasteiger partial charge on any atom is 0.313 e. The highest BCUT2D eigenvalue weighted by molar-refractivity contribution is 6.39. The van der Waals surface area contributed by atoms with Crippen molar-refractivity contribution in [3.8, 4) is 0 Å². The highest BCUT2D eigenvalue weighted by atomic mass is 19.2. The number of morpholine rings is 1. The number of anilines is 1. The first kappa shape index (κ1) is 20.0. The van der Waals surface area contributed by atoms with Gasteiger partial charge in [0.25, 0.3) is 0 Å². The van der Waals surface area contributed by atoms with Gasteiger partial charge in [0, 0.05) is 50.3 Å². The molecule has 1 aliphatic heterocycles. The van der Waals surface area contributed by atoms with Gasteiger partial charge in [-0.3, -0.25) is 14.5 Å². The van der Waals surface area contributed by atoms with E-state index in [4.69, 9.17) is 4.74 Å². The average Bonchev–Trinajstić information content (AvgIpc) is 3.11. The Hall–Kier alpha value is -2.78. The van der Waals surface area contributed by atoms with Crippen LogP contribution in [0.5, 0.6) is 0 Å². The van der Waals surface area contributed by atoms with E-state index in [0.29, 0.717) is 26.3 Å². The Labute approximate surface area is 161 Å². The zero-order valence-electron chi connectivity index (χ0n) is 15.5. The molecule has 1 aromatic carbocycles. The predicted octanol–water partition coefficient (Wildman–Crippen LogP) is 1.43. The summed E-state index contributed by atoms with van der Waals surface area (Å²) in [5.74, 6) is -3.93. The van der Waals surface area contributed by atoms with Crippen LogP contribution in [0.4, 0.5) is 14.5 Å². The molecule has 2 aromatic rings. The normalized spacial score (nSPS) is 15.8. The van der Waals surface area contributed by atoms with Crippen LogP contribution in [0, 0.1) is 11.6 Å². The van der Waals surface area contributed by atoms with Gasteiger partial charge in [0.1, 0.15) is 0 Å². The van der Waals surface area contributed by atoms with Gasteiger partial charge in [-0.15, -0.1) is 0 Å². The van der Waals surface area contributed by atoms with Crippen molar-refractivity contribution in [1.29, 1.82) is 0 Å². The third-order valence-corrected chi connectivity index (χ3v) is 4.65. The van der Waals surface area contributed by atoms with E-state index in [1.165, 1.54) is 6.07 Å². The van der Waals surface area contributed by atoms with E-state index in [-0.39, 0.29) is 18.3 Å². The first-order chi connectivity index (χ1) is 13.5. The Kier molecular flexibility index (Phi) is 6.37. The summed E-state index contributed by atoms with van der Waals surface area (Å²) in [5, 5.41) is 4.89. The maximum absolute atomic E-state index is 13.2. The SMILES string of the molecule is Cn1cccc1C(CNC(=O)C(=O)Nc1ccc(F)c(F)c1)N1CCOCC1. The van der Waals surface area contributed by atoms with Gasteiger partial charge >= 0.3 is 11.8 Å². The van der Waals surface area contributed by atoms with Gasteiger partial charge in [0.2, 0.25) is 0 Å². The summed E-state index contributed by atoms with van der Waals surface area (Å²) in [6, 6.07) is 6.65. The average molecular weight is 392 g/mol. The summed E-state index contributed by atoms with van der Waals surface area (Å²) >= 11 is 0. The number of aromatic nitrogens is 1. The predicted molar refractivity (Wildman–Crippen MR) is 98.5 cm³/mol. The minimum atomic E-state index is -1.10. The summed E-state index contributed by atoms with van der Waals surface area (Å²) < 4.78 is 33.6. The van der Waals surface area contributed by atoms with Crippen molar-refractivity contribution in [2.75, 3.05) is 38.2 Å². The fourth-order valence-corrected chi connectivity index (χ4v) is 3.16. The van der Waals surface area contributed by atoms with Gasteiger partial charge in [-0.1, -0.05) is 0 Å². The topological polar surface area (TPSA) is 75.6 Å². The molecule has 1 saturated heterocycles. The van der Waals surface area contributed by atoms with E-state index in [9.17, 15) is 18.4 Å². The zero-order chi connectivity index (χ0) is 20.1. The van der Waals surface area contributed by atoms with Crippen molar-refractivity contribution in [3.63, 3.8) is 0 Å². The van der Waals surface area contributed by atoms with E-state index in [1.54, 1.807) is 0 Å². The number of benzene rings is 1. The molecule has 0 aliphatic carbocycles. The highest BCUT2D eigenvalue weighted by Crippen LogP contribution is 2.21. The fourth-order valence-electron chi connectivity index (χ4n) is 3.16. The molecular formula is C19H22F2N4O3. The lowest BCUT2D eigenvalue weighted by molar-refractivity contribution is -0.136. The highest BCUT2D eigenvalue weighted by Gasteiger charge is 2.26. The Balaban J connectivity index is 1.63. The number of hydrogen-bond acceptors (Lipinski definition) is 4. The van der Waals surface area contributed by atoms with Gasteiger partial charge in [-0.2, -0.15) is 0 Å². The van der Waals surface area contributed by atoms with Crippen LogP contribution in [0.15, 0.2) is 36.5 Å². The maximum atomic E-state index is 13.2. The van der Waals surface area contributed by atoms with Gasteiger partial charge < -0.3 is 19.9 Å². The Morgan fingerprint density at radius 3 is 2.54 bits per heavy atom. The molecular weight excluding hydrogens is 370 g/mol. The Morgan fingerprint density at radius 1 is 1.14 bits per heavy atom. The minimum absolute atomic E-state index is 0.00575. The number of carbonyl (C=O) groups is 2. The molecule has 1 fully saturated rings. The molecule has 3 rings (SSSR count). The molecule has 2 N–H and O–H groups in total. The van der Waals surface area contributed by atoms with Crippen LogP contribution in [0.25, 0.3) is 0 Å². The molecule has 0 saturated carbocycles. The smallest absolute Gasteiger partial charge is 0.313 e. The third kappa shape index (κ3) is 4.73. The summed E-state index contributed by atoms with van der Waals surface area (Å²) in [4.78, 5) is 26.5. The molecule has 1 aliphatic rings. The monoisotopic (exact) mass is 392 g/mol. The molecule has 0 radical (unpaired) electrons. The van der Waals surface area contributed by atoms with Crippen molar-refractivity contribution in [2.24, 2.45) is 7.05 Å². The molecule has 1 atom stereocenters. The summed E-state index contributed by atoms with van der Waals surface area (Å²) in [7, 11) is 1.92. The van der Waals surface area contributed by atoms with Crippen LogP contribution in [0.1, 0.15) is 11.7 Å². The number of hydrogen-bond donors (Lipinski definition) is 2. The Bertz CT molecular complexity index is 849. The van der Waals surface area contributed by atoms with E-state index in [0.717, 1.165) is 17.8 Å². The molecule has 0 spiro atoms. The van der Waals surface area contributed by atoms with Gasteiger partial charge in [-0.05, 0) is 24.3 Å². The molecule has 2 heterocycles. The molecule has 28 heavy (non-hydrogen) atoms. The summed E-state index contributed by atoms with van der Waals surface area (Å²) in [6.07, 6.45) is 1.92. The number of carbonyl (C=O) groups excluding carboxylic acids is 2. The van der Waals surface area contributed by atoms with E-state index in [2.05, 4.69) is 15.5 Å². The minimum Gasteiger partial charge on any atom is -0.379 e. The first-order valence-corrected chi connectivity index (χ1v) is 8.93. The largest absolute Gasteiger partial charge is 0.379 e. The number of aryl methyl sites for hydroxylation is 1.